The van der Waals surface area contributed by atoms with Crippen LogP contribution < -0.4 is 5.32 Å². The monoisotopic (exact) mass is 252 g/mol. The van der Waals surface area contributed by atoms with E-state index in [-0.39, 0.29) is 10.6 Å². The first-order valence-corrected chi connectivity index (χ1v) is 6.04. The third-order valence-corrected chi connectivity index (χ3v) is 2.54. The van der Waals surface area contributed by atoms with E-state index in [2.05, 4.69) is 10.4 Å². The standard InChI is InChI=1S/C12H20N4O2/c1-5-6-10-11(16(17)18)12(15(4)14-10)13-8-7-9(2)3/h7,13H,5-6,8H2,1-4H3. The average Bonchev–Trinajstić information content (AvgIpc) is 2.55. The lowest BCUT2D eigenvalue weighted by molar-refractivity contribution is -0.384. The molecule has 1 rings (SSSR count). The van der Waals surface area contributed by atoms with Crippen LogP contribution in [0.25, 0.3) is 0 Å². The van der Waals surface area contributed by atoms with Gasteiger partial charge in [-0.05, 0) is 20.3 Å². The van der Waals surface area contributed by atoms with E-state index in [0.717, 1.165) is 6.42 Å². The van der Waals surface area contributed by atoms with Gasteiger partial charge in [0, 0.05) is 13.6 Å². The second kappa shape index (κ2) is 6.18. The van der Waals surface area contributed by atoms with Crippen molar-refractivity contribution in [1.82, 2.24) is 9.78 Å². The van der Waals surface area contributed by atoms with Crippen molar-refractivity contribution in [3.63, 3.8) is 0 Å². The fraction of sp³-hybridized carbons (Fsp3) is 0.583. The van der Waals surface area contributed by atoms with E-state index in [9.17, 15) is 10.1 Å². The normalized spacial score (nSPS) is 10.2. The average molecular weight is 252 g/mol. The van der Waals surface area contributed by atoms with Crippen molar-refractivity contribution in [2.24, 2.45) is 7.05 Å². The van der Waals surface area contributed by atoms with E-state index in [1.54, 1.807) is 11.7 Å². The van der Waals surface area contributed by atoms with Crippen LogP contribution in [0.5, 0.6) is 0 Å². The lowest BCUT2D eigenvalue weighted by Gasteiger charge is -2.03. The van der Waals surface area contributed by atoms with Gasteiger partial charge in [-0.15, -0.1) is 0 Å². The molecule has 0 radical (unpaired) electrons. The largest absolute Gasteiger partial charge is 0.361 e. The molecule has 1 aromatic heterocycles. The molecule has 6 nitrogen and oxygen atoms in total. The van der Waals surface area contributed by atoms with E-state index < -0.39 is 0 Å². The Morgan fingerprint density at radius 2 is 2.22 bits per heavy atom. The maximum atomic E-state index is 11.1. The first-order valence-electron chi connectivity index (χ1n) is 6.04. The molecule has 0 aromatic carbocycles. The summed E-state index contributed by atoms with van der Waals surface area (Å²) in [5, 5.41) is 18.4. The summed E-state index contributed by atoms with van der Waals surface area (Å²) in [6, 6.07) is 0. The summed E-state index contributed by atoms with van der Waals surface area (Å²) >= 11 is 0. The summed E-state index contributed by atoms with van der Waals surface area (Å²) in [7, 11) is 1.72. The molecule has 0 saturated carbocycles. The Morgan fingerprint density at radius 3 is 2.72 bits per heavy atom. The van der Waals surface area contributed by atoms with Crippen LogP contribution in [0.2, 0.25) is 0 Å². The van der Waals surface area contributed by atoms with Gasteiger partial charge >= 0.3 is 5.69 Å². The van der Waals surface area contributed by atoms with Crippen LogP contribution in [0.15, 0.2) is 11.6 Å². The van der Waals surface area contributed by atoms with Gasteiger partial charge in [-0.1, -0.05) is 25.0 Å². The first kappa shape index (κ1) is 14.2. The highest BCUT2D eigenvalue weighted by Crippen LogP contribution is 2.28. The van der Waals surface area contributed by atoms with Gasteiger partial charge in [0.1, 0.15) is 5.69 Å². The lowest BCUT2D eigenvalue weighted by atomic mass is 10.2. The van der Waals surface area contributed by atoms with Crippen molar-refractivity contribution in [2.45, 2.75) is 33.6 Å². The third-order valence-electron chi connectivity index (χ3n) is 2.54. The number of aromatic nitrogens is 2. The quantitative estimate of drug-likeness (QED) is 0.480. The summed E-state index contributed by atoms with van der Waals surface area (Å²) in [6.07, 6.45) is 3.44. The van der Waals surface area contributed by atoms with E-state index >= 15 is 0 Å². The molecule has 0 atom stereocenters. The minimum atomic E-state index is -0.358. The number of allylic oxidation sites excluding steroid dienone is 1. The van der Waals surface area contributed by atoms with E-state index in [1.165, 1.54) is 5.57 Å². The number of nitro groups is 1. The Hall–Kier alpha value is -1.85. The molecule has 0 aliphatic carbocycles. The summed E-state index contributed by atoms with van der Waals surface area (Å²) in [6.45, 7) is 6.52. The van der Waals surface area contributed by atoms with Crippen molar-refractivity contribution in [3.8, 4) is 0 Å². The Labute approximate surface area is 107 Å². The van der Waals surface area contributed by atoms with Gasteiger partial charge in [-0.25, -0.2) is 4.68 Å². The molecule has 0 unspecified atom stereocenters. The molecule has 0 fully saturated rings. The van der Waals surface area contributed by atoms with Gasteiger partial charge in [0.05, 0.1) is 4.92 Å². The summed E-state index contributed by atoms with van der Waals surface area (Å²) in [5.41, 5.74) is 1.81. The molecule has 1 N–H and O–H groups in total. The SMILES string of the molecule is CCCc1nn(C)c(NCC=C(C)C)c1[N+](=O)[O-]. The van der Waals surface area contributed by atoms with Gasteiger partial charge in [-0.2, -0.15) is 5.10 Å². The Kier molecular flexibility index (Phi) is 4.88. The number of hydrogen-bond donors (Lipinski definition) is 1. The summed E-state index contributed by atoms with van der Waals surface area (Å²) < 4.78 is 1.54. The van der Waals surface area contributed by atoms with Crippen molar-refractivity contribution in [3.05, 3.63) is 27.5 Å². The van der Waals surface area contributed by atoms with E-state index in [1.807, 2.05) is 26.8 Å². The number of anilines is 1. The predicted octanol–water partition coefficient (Wildman–Crippen LogP) is 2.66. The minimum absolute atomic E-state index is 0.0986. The second-order valence-electron chi connectivity index (χ2n) is 4.44. The Bertz CT molecular complexity index is 459. The van der Waals surface area contributed by atoms with Crippen molar-refractivity contribution in [2.75, 3.05) is 11.9 Å². The highest BCUT2D eigenvalue weighted by Gasteiger charge is 2.25. The van der Waals surface area contributed by atoms with Gasteiger partial charge in [-0.3, -0.25) is 10.1 Å². The molecule has 0 amide bonds. The maximum absolute atomic E-state index is 11.1. The number of aryl methyl sites for hydroxylation is 2. The van der Waals surface area contributed by atoms with Crippen LogP contribution >= 0.6 is 0 Å². The highest BCUT2D eigenvalue weighted by atomic mass is 16.6. The van der Waals surface area contributed by atoms with Crippen LogP contribution in [0, 0.1) is 10.1 Å². The molecule has 0 aliphatic rings. The van der Waals surface area contributed by atoms with Gasteiger partial charge in [0.25, 0.3) is 0 Å². The third kappa shape index (κ3) is 3.32. The second-order valence-corrected chi connectivity index (χ2v) is 4.44. The van der Waals surface area contributed by atoms with E-state index in [4.69, 9.17) is 0 Å². The number of hydrogen-bond acceptors (Lipinski definition) is 4. The molecule has 1 aromatic rings. The smallest absolute Gasteiger partial charge is 0.333 e. The molecule has 1 heterocycles. The van der Waals surface area contributed by atoms with Crippen molar-refractivity contribution < 1.29 is 4.92 Å². The molecule has 0 saturated heterocycles. The first-order chi connectivity index (χ1) is 8.47. The zero-order valence-corrected chi connectivity index (χ0v) is 11.4. The van der Waals surface area contributed by atoms with Crippen molar-refractivity contribution in [1.29, 1.82) is 0 Å². The molecular weight excluding hydrogens is 232 g/mol. The molecule has 100 valence electrons. The topological polar surface area (TPSA) is 73.0 Å². The van der Waals surface area contributed by atoms with Gasteiger partial charge in [0.2, 0.25) is 5.82 Å². The fourth-order valence-corrected chi connectivity index (χ4v) is 1.72. The molecule has 6 heteroatoms. The molecule has 18 heavy (non-hydrogen) atoms. The Balaban J connectivity index is 3.01. The lowest BCUT2D eigenvalue weighted by Crippen LogP contribution is -2.06. The molecule has 0 bridgehead atoms. The summed E-state index contributed by atoms with van der Waals surface area (Å²) in [4.78, 5) is 10.8. The number of nitrogens with zero attached hydrogens (tertiary/aromatic N) is 3. The number of nitrogens with one attached hydrogen (secondary N) is 1. The molecule has 0 aliphatic heterocycles. The van der Waals surface area contributed by atoms with Gasteiger partial charge in [0.15, 0.2) is 0 Å². The summed E-state index contributed by atoms with van der Waals surface area (Å²) in [5.74, 6) is 0.473. The predicted molar refractivity (Wildman–Crippen MR) is 71.8 cm³/mol. The molecular formula is C12H20N4O2. The van der Waals surface area contributed by atoms with Gasteiger partial charge < -0.3 is 5.32 Å². The van der Waals surface area contributed by atoms with Crippen LogP contribution in [-0.4, -0.2) is 21.2 Å². The fourth-order valence-electron chi connectivity index (χ4n) is 1.72. The van der Waals surface area contributed by atoms with E-state index in [0.29, 0.717) is 24.5 Å². The highest BCUT2D eigenvalue weighted by molar-refractivity contribution is 5.60. The van der Waals surface area contributed by atoms with Crippen LogP contribution in [0.4, 0.5) is 11.5 Å². The zero-order chi connectivity index (χ0) is 13.7. The van der Waals surface area contributed by atoms with Crippen LogP contribution in [-0.2, 0) is 13.5 Å². The van der Waals surface area contributed by atoms with Crippen LogP contribution in [0.1, 0.15) is 32.9 Å². The zero-order valence-electron chi connectivity index (χ0n) is 11.4. The van der Waals surface area contributed by atoms with Crippen LogP contribution in [0.3, 0.4) is 0 Å². The minimum Gasteiger partial charge on any atom is -0.361 e. The molecule has 0 spiro atoms. The Morgan fingerprint density at radius 1 is 1.56 bits per heavy atom. The van der Waals surface area contributed by atoms with Crippen molar-refractivity contribution >= 4 is 11.5 Å². The maximum Gasteiger partial charge on any atom is 0.333 e. The number of rotatable bonds is 6.